The van der Waals surface area contributed by atoms with E-state index in [1.54, 1.807) is 12.1 Å². The number of piperidine rings is 1. The van der Waals surface area contributed by atoms with Crippen LogP contribution in [0.1, 0.15) is 52.0 Å². The van der Waals surface area contributed by atoms with Gasteiger partial charge in [-0.15, -0.1) is 0 Å². The maximum Gasteiger partial charge on any atom is 0.446 e. The van der Waals surface area contributed by atoms with Gasteiger partial charge >= 0.3 is 5.51 Å². The number of hydrogen-bond donors (Lipinski definition) is 1. The normalized spacial score (nSPS) is 19.3. The van der Waals surface area contributed by atoms with Gasteiger partial charge in [-0.1, -0.05) is 32.9 Å². The Labute approximate surface area is 235 Å². The van der Waals surface area contributed by atoms with Crippen molar-refractivity contribution in [2.24, 2.45) is 0 Å². The van der Waals surface area contributed by atoms with E-state index < -0.39 is 5.51 Å². The molecule has 0 saturated carbocycles. The maximum absolute atomic E-state index is 12.9. The number of carbonyl (C=O) groups excluding carboxylic acids is 1. The smallest absolute Gasteiger partial charge is 0.381 e. The summed E-state index contributed by atoms with van der Waals surface area (Å²) in [6.07, 6.45) is 3.26. The van der Waals surface area contributed by atoms with E-state index in [-0.39, 0.29) is 34.0 Å². The average Bonchev–Trinajstić information content (AvgIpc) is 2.89. The van der Waals surface area contributed by atoms with E-state index in [4.69, 9.17) is 0 Å². The lowest BCUT2D eigenvalue weighted by atomic mass is 9.87. The van der Waals surface area contributed by atoms with Crippen LogP contribution in [0.4, 0.5) is 24.5 Å². The molecule has 5 nitrogen and oxygen atoms in total. The Balaban J connectivity index is 1.15. The number of nitrogens with zero attached hydrogens (tertiary/aromatic N) is 3. The fraction of sp³-hybridized carbons (Fsp3) is 0.567. The molecule has 1 atom stereocenters. The van der Waals surface area contributed by atoms with Gasteiger partial charge in [-0.25, -0.2) is 0 Å². The van der Waals surface area contributed by atoms with Gasteiger partial charge in [0.1, 0.15) is 0 Å². The topological polar surface area (TPSA) is 38.8 Å². The van der Waals surface area contributed by atoms with Crippen LogP contribution in [0.2, 0.25) is 0 Å². The predicted octanol–water partition coefficient (Wildman–Crippen LogP) is 6.60. The van der Waals surface area contributed by atoms with Gasteiger partial charge in [-0.3, -0.25) is 9.69 Å². The third-order valence-corrected chi connectivity index (χ3v) is 8.31. The molecule has 0 aliphatic carbocycles. The number of anilines is 2. The monoisotopic (exact) mass is 562 g/mol. The highest BCUT2D eigenvalue weighted by molar-refractivity contribution is 8.00. The van der Waals surface area contributed by atoms with Crippen molar-refractivity contribution in [1.82, 2.24) is 9.80 Å². The number of amides is 1. The second-order valence-electron chi connectivity index (χ2n) is 11.6. The molecule has 2 fully saturated rings. The Bertz CT molecular complexity index is 1060. The van der Waals surface area contributed by atoms with E-state index in [0.29, 0.717) is 13.0 Å². The van der Waals surface area contributed by atoms with Crippen LogP contribution in [0.3, 0.4) is 0 Å². The van der Waals surface area contributed by atoms with Gasteiger partial charge in [0.15, 0.2) is 0 Å². The second-order valence-corrected chi connectivity index (χ2v) is 12.8. The molecule has 0 radical (unpaired) electrons. The first-order valence-corrected chi connectivity index (χ1v) is 14.8. The molecule has 1 amide bonds. The first-order valence-electron chi connectivity index (χ1n) is 13.9. The number of rotatable bonds is 8. The molecule has 39 heavy (non-hydrogen) atoms. The number of likely N-dealkylation sites (tertiary alicyclic amines) is 1. The molecule has 2 aromatic carbocycles. The van der Waals surface area contributed by atoms with Crippen LogP contribution in [0.15, 0.2) is 53.4 Å². The molecule has 2 aromatic rings. The van der Waals surface area contributed by atoms with E-state index in [1.165, 1.54) is 23.4 Å². The Morgan fingerprint density at radius 3 is 2.23 bits per heavy atom. The van der Waals surface area contributed by atoms with Gasteiger partial charge in [-0.2, -0.15) is 13.2 Å². The number of thioether (sulfide) groups is 1. The van der Waals surface area contributed by atoms with Crippen LogP contribution in [-0.2, 0) is 10.2 Å². The van der Waals surface area contributed by atoms with Crippen molar-refractivity contribution in [2.75, 3.05) is 56.0 Å². The highest BCUT2D eigenvalue weighted by Gasteiger charge is 2.29. The largest absolute Gasteiger partial charge is 0.446 e. The van der Waals surface area contributed by atoms with Crippen molar-refractivity contribution in [2.45, 2.75) is 68.3 Å². The summed E-state index contributed by atoms with van der Waals surface area (Å²) < 4.78 is 37.7. The molecule has 214 valence electrons. The van der Waals surface area contributed by atoms with Gasteiger partial charge < -0.3 is 15.1 Å². The Hall–Kier alpha value is -2.39. The summed E-state index contributed by atoms with van der Waals surface area (Å²) in [6.45, 7) is 13.0. The summed E-state index contributed by atoms with van der Waals surface area (Å²) >= 11 is -0.109. The molecule has 1 N–H and O–H groups in total. The Kier molecular flexibility index (Phi) is 9.75. The molecule has 4 rings (SSSR count). The van der Waals surface area contributed by atoms with Crippen molar-refractivity contribution < 1.29 is 18.0 Å². The molecule has 2 saturated heterocycles. The van der Waals surface area contributed by atoms with E-state index in [2.05, 4.69) is 60.2 Å². The fourth-order valence-corrected chi connectivity index (χ4v) is 5.86. The number of piperazine rings is 1. The quantitative estimate of drug-likeness (QED) is 0.367. The highest BCUT2D eigenvalue weighted by Crippen LogP contribution is 2.37. The summed E-state index contributed by atoms with van der Waals surface area (Å²) in [5.74, 6) is 0.191. The number of hydrogen-bond acceptors (Lipinski definition) is 5. The third-order valence-electron chi connectivity index (χ3n) is 7.57. The number of carbonyl (C=O) groups is 1. The first-order chi connectivity index (χ1) is 18.5. The molecule has 2 aliphatic heterocycles. The number of nitrogens with one attached hydrogen (secondary N) is 1. The molecule has 2 aliphatic rings. The van der Waals surface area contributed by atoms with Gasteiger partial charge in [0.05, 0.1) is 0 Å². The molecular formula is C30H41F3N4OS. The Morgan fingerprint density at radius 2 is 1.62 bits per heavy atom. The molecule has 2 heterocycles. The fourth-order valence-electron chi connectivity index (χ4n) is 5.32. The zero-order valence-electron chi connectivity index (χ0n) is 23.3. The van der Waals surface area contributed by atoms with Gasteiger partial charge in [-0.05, 0) is 84.9 Å². The minimum Gasteiger partial charge on any atom is -0.381 e. The summed E-state index contributed by atoms with van der Waals surface area (Å²) in [4.78, 5) is 19.9. The number of halogens is 3. The van der Waals surface area contributed by atoms with Crippen LogP contribution in [-0.4, -0.2) is 73.1 Å². The van der Waals surface area contributed by atoms with Crippen LogP contribution < -0.4 is 10.2 Å². The van der Waals surface area contributed by atoms with Crippen molar-refractivity contribution >= 4 is 29.0 Å². The lowest BCUT2D eigenvalue weighted by molar-refractivity contribution is -0.132. The van der Waals surface area contributed by atoms with Crippen LogP contribution in [0, 0.1) is 0 Å². The van der Waals surface area contributed by atoms with Gasteiger partial charge in [0.25, 0.3) is 0 Å². The highest BCUT2D eigenvalue weighted by atomic mass is 32.2. The minimum atomic E-state index is -4.29. The van der Waals surface area contributed by atoms with Crippen molar-refractivity contribution in [3.8, 4) is 0 Å². The first kappa shape index (κ1) is 29.6. The average molecular weight is 563 g/mol. The van der Waals surface area contributed by atoms with Crippen molar-refractivity contribution in [3.05, 3.63) is 54.1 Å². The minimum absolute atomic E-state index is 0.106. The molecule has 0 aromatic heterocycles. The summed E-state index contributed by atoms with van der Waals surface area (Å²) in [7, 11) is 0. The summed E-state index contributed by atoms with van der Waals surface area (Å²) in [5.41, 5.74) is -0.712. The molecule has 0 bridgehead atoms. The van der Waals surface area contributed by atoms with E-state index in [1.807, 2.05) is 4.90 Å². The summed E-state index contributed by atoms with van der Waals surface area (Å²) in [6, 6.07) is 15.4. The SMILES string of the molecule is CC(C)(C)c1ccc(N2CCN(CCCC(=O)N3CCC[C@H](Nc4ccc(SC(F)(F)F)cc4)C3)CC2)cc1. The maximum atomic E-state index is 12.9. The predicted molar refractivity (Wildman–Crippen MR) is 155 cm³/mol. The zero-order chi connectivity index (χ0) is 28.0. The van der Waals surface area contributed by atoms with Crippen molar-refractivity contribution in [1.29, 1.82) is 0 Å². The Morgan fingerprint density at radius 1 is 0.949 bits per heavy atom. The van der Waals surface area contributed by atoms with Gasteiger partial charge in [0, 0.05) is 68.0 Å². The zero-order valence-corrected chi connectivity index (χ0v) is 24.1. The molecule has 0 spiro atoms. The van der Waals surface area contributed by atoms with Crippen LogP contribution >= 0.6 is 11.8 Å². The summed E-state index contributed by atoms with van der Waals surface area (Å²) in [5, 5.41) is 3.39. The molecule has 9 heteroatoms. The molecular weight excluding hydrogens is 521 g/mol. The van der Waals surface area contributed by atoms with E-state index in [0.717, 1.165) is 64.2 Å². The van der Waals surface area contributed by atoms with Gasteiger partial charge in [0.2, 0.25) is 5.91 Å². The lowest BCUT2D eigenvalue weighted by Crippen LogP contribution is -2.47. The second kappa shape index (κ2) is 12.9. The third kappa shape index (κ3) is 9.07. The standard InChI is InChI=1S/C30H41F3N4OS/c1-29(2,3)23-8-12-26(13-9-23)36-20-18-35(19-21-36)16-5-7-28(38)37-17-4-6-25(22-37)34-24-10-14-27(15-11-24)39-30(31,32)33/h8-15,25,34H,4-7,16-22H2,1-3H3/t25-/m0/s1. The van der Waals surface area contributed by atoms with Crippen LogP contribution in [0.5, 0.6) is 0 Å². The van der Waals surface area contributed by atoms with E-state index >= 15 is 0 Å². The number of alkyl halides is 3. The van der Waals surface area contributed by atoms with Crippen LogP contribution in [0.25, 0.3) is 0 Å². The lowest BCUT2D eigenvalue weighted by Gasteiger charge is -2.36. The molecule has 0 unspecified atom stereocenters. The van der Waals surface area contributed by atoms with E-state index in [9.17, 15) is 18.0 Å². The number of benzene rings is 2. The van der Waals surface area contributed by atoms with Crippen molar-refractivity contribution in [3.63, 3.8) is 0 Å².